The van der Waals surface area contributed by atoms with Crippen LogP contribution in [-0.2, 0) is 4.79 Å². The molecule has 3 unspecified atom stereocenters. The SMILES string of the molecule is CC(O)CCN(C)C(=O)C1CCCC1N.Cl. The van der Waals surface area contributed by atoms with E-state index >= 15 is 0 Å². The molecule has 4 nitrogen and oxygen atoms in total. The van der Waals surface area contributed by atoms with Gasteiger partial charge in [0, 0.05) is 19.6 Å². The first-order valence-corrected chi connectivity index (χ1v) is 5.71. The van der Waals surface area contributed by atoms with Gasteiger partial charge in [-0.25, -0.2) is 0 Å². The molecule has 0 aromatic carbocycles. The van der Waals surface area contributed by atoms with Crippen LogP contribution in [0.4, 0.5) is 0 Å². The highest BCUT2D eigenvalue weighted by molar-refractivity contribution is 5.85. The standard InChI is InChI=1S/C11H22N2O2.ClH/c1-8(14)6-7-13(2)11(15)9-4-3-5-10(9)12;/h8-10,14H,3-7,12H2,1-2H3;1H. The van der Waals surface area contributed by atoms with Gasteiger partial charge in [0.05, 0.1) is 12.0 Å². The van der Waals surface area contributed by atoms with E-state index in [9.17, 15) is 4.79 Å². The smallest absolute Gasteiger partial charge is 0.226 e. The van der Waals surface area contributed by atoms with Crippen molar-refractivity contribution in [2.75, 3.05) is 13.6 Å². The first-order valence-electron chi connectivity index (χ1n) is 5.71. The fourth-order valence-corrected chi connectivity index (χ4v) is 2.07. The molecule has 0 aliphatic heterocycles. The number of nitrogens with zero attached hydrogens (tertiary/aromatic N) is 1. The van der Waals surface area contributed by atoms with Crippen molar-refractivity contribution in [3.8, 4) is 0 Å². The summed E-state index contributed by atoms with van der Waals surface area (Å²) in [5.41, 5.74) is 5.88. The molecule has 3 N–H and O–H groups in total. The van der Waals surface area contributed by atoms with Crippen LogP contribution in [0.5, 0.6) is 0 Å². The van der Waals surface area contributed by atoms with Crippen LogP contribution in [0.3, 0.4) is 0 Å². The predicted octanol–water partition coefficient (Wildman–Crippen LogP) is 0.765. The maximum atomic E-state index is 11.9. The normalized spacial score (nSPS) is 26.0. The Morgan fingerprint density at radius 1 is 1.56 bits per heavy atom. The molecule has 1 rings (SSSR count). The Balaban J connectivity index is 0.00000225. The summed E-state index contributed by atoms with van der Waals surface area (Å²) >= 11 is 0. The molecule has 0 bridgehead atoms. The maximum absolute atomic E-state index is 11.9. The lowest BCUT2D eigenvalue weighted by Crippen LogP contribution is -2.40. The van der Waals surface area contributed by atoms with Gasteiger partial charge in [0.25, 0.3) is 0 Å². The summed E-state index contributed by atoms with van der Waals surface area (Å²) < 4.78 is 0. The largest absolute Gasteiger partial charge is 0.393 e. The molecule has 0 aromatic heterocycles. The molecule has 16 heavy (non-hydrogen) atoms. The Labute approximate surface area is 104 Å². The minimum Gasteiger partial charge on any atom is -0.393 e. The minimum absolute atomic E-state index is 0. The summed E-state index contributed by atoms with van der Waals surface area (Å²) in [6.07, 6.45) is 3.21. The zero-order valence-electron chi connectivity index (χ0n) is 10.1. The van der Waals surface area contributed by atoms with E-state index in [1.807, 2.05) is 0 Å². The second kappa shape index (κ2) is 7.09. The third-order valence-corrected chi connectivity index (χ3v) is 3.15. The molecule has 1 aliphatic carbocycles. The van der Waals surface area contributed by atoms with E-state index < -0.39 is 0 Å². The predicted molar refractivity (Wildman–Crippen MR) is 66.5 cm³/mol. The van der Waals surface area contributed by atoms with Gasteiger partial charge in [-0.3, -0.25) is 4.79 Å². The number of amides is 1. The van der Waals surface area contributed by atoms with Crippen LogP contribution in [-0.4, -0.2) is 41.7 Å². The Bertz CT molecular complexity index is 224. The van der Waals surface area contributed by atoms with Gasteiger partial charge in [-0.2, -0.15) is 0 Å². The fraction of sp³-hybridized carbons (Fsp3) is 0.909. The van der Waals surface area contributed by atoms with Gasteiger partial charge in [0.15, 0.2) is 0 Å². The van der Waals surface area contributed by atoms with Crippen molar-refractivity contribution in [1.82, 2.24) is 4.90 Å². The second-order valence-corrected chi connectivity index (χ2v) is 4.60. The molecule has 0 spiro atoms. The Kier molecular flexibility index (Phi) is 6.95. The second-order valence-electron chi connectivity index (χ2n) is 4.60. The highest BCUT2D eigenvalue weighted by Crippen LogP contribution is 2.25. The Morgan fingerprint density at radius 3 is 2.62 bits per heavy atom. The molecule has 3 atom stereocenters. The van der Waals surface area contributed by atoms with E-state index in [1.54, 1.807) is 18.9 Å². The molecule has 5 heteroatoms. The molecule has 1 fully saturated rings. The van der Waals surface area contributed by atoms with E-state index in [4.69, 9.17) is 10.8 Å². The molecule has 1 aliphatic rings. The number of carbonyl (C=O) groups is 1. The van der Waals surface area contributed by atoms with Crippen LogP contribution in [0.25, 0.3) is 0 Å². The van der Waals surface area contributed by atoms with Crippen LogP contribution in [0.1, 0.15) is 32.6 Å². The zero-order chi connectivity index (χ0) is 11.4. The van der Waals surface area contributed by atoms with E-state index in [-0.39, 0.29) is 36.4 Å². The first-order chi connectivity index (χ1) is 7.02. The van der Waals surface area contributed by atoms with Gasteiger partial charge >= 0.3 is 0 Å². The van der Waals surface area contributed by atoms with E-state index in [2.05, 4.69) is 0 Å². The summed E-state index contributed by atoms with van der Waals surface area (Å²) in [7, 11) is 1.79. The lowest BCUT2D eigenvalue weighted by molar-refractivity contribution is -0.134. The van der Waals surface area contributed by atoms with E-state index in [1.165, 1.54) is 0 Å². The van der Waals surface area contributed by atoms with Crippen LogP contribution in [0, 0.1) is 5.92 Å². The first kappa shape index (κ1) is 15.7. The minimum atomic E-state index is -0.350. The third-order valence-electron chi connectivity index (χ3n) is 3.15. The highest BCUT2D eigenvalue weighted by atomic mass is 35.5. The molecular formula is C11H23ClN2O2. The molecule has 0 saturated heterocycles. The average Bonchev–Trinajstić information content (AvgIpc) is 2.59. The monoisotopic (exact) mass is 250 g/mol. The molecule has 0 aromatic rings. The van der Waals surface area contributed by atoms with Gasteiger partial charge in [-0.05, 0) is 26.2 Å². The number of hydrogen-bond acceptors (Lipinski definition) is 3. The quantitative estimate of drug-likeness (QED) is 0.775. The number of aliphatic hydroxyl groups is 1. The van der Waals surface area contributed by atoms with Crippen molar-refractivity contribution >= 4 is 18.3 Å². The fourth-order valence-electron chi connectivity index (χ4n) is 2.07. The van der Waals surface area contributed by atoms with Crippen molar-refractivity contribution in [3.05, 3.63) is 0 Å². The molecule has 1 saturated carbocycles. The number of hydrogen-bond donors (Lipinski definition) is 2. The molecular weight excluding hydrogens is 228 g/mol. The van der Waals surface area contributed by atoms with Crippen molar-refractivity contribution < 1.29 is 9.90 Å². The van der Waals surface area contributed by atoms with Crippen molar-refractivity contribution in [2.24, 2.45) is 11.7 Å². The van der Waals surface area contributed by atoms with Crippen molar-refractivity contribution in [3.63, 3.8) is 0 Å². The summed E-state index contributed by atoms with van der Waals surface area (Å²) in [5, 5.41) is 9.14. The molecule has 1 amide bonds. The summed E-state index contributed by atoms with van der Waals surface area (Å²) in [6.45, 7) is 2.35. The average molecular weight is 251 g/mol. The maximum Gasteiger partial charge on any atom is 0.226 e. The van der Waals surface area contributed by atoms with Crippen LogP contribution in [0.2, 0.25) is 0 Å². The number of nitrogens with two attached hydrogens (primary N) is 1. The lowest BCUT2D eigenvalue weighted by Gasteiger charge is -2.23. The molecule has 0 radical (unpaired) electrons. The summed E-state index contributed by atoms with van der Waals surface area (Å²) in [5.74, 6) is 0.143. The summed E-state index contributed by atoms with van der Waals surface area (Å²) in [6, 6.07) is 0.0338. The van der Waals surface area contributed by atoms with E-state index in [0.29, 0.717) is 13.0 Å². The van der Waals surface area contributed by atoms with Crippen molar-refractivity contribution in [1.29, 1.82) is 0 Å². The summed E-state index contributed by atoms with van der Waals surface area (Å²) in [4.78, 5) is 13.6. The Hall–Kier alpha value is -0.320. The van der Waals surface area contributed by atoms with Gasteiger partial charge in [-0.1, -0.05) is 6.42 Å². The van der Waals surface area contributed by atoms with Gasteiger partial charge in [0.1, 0.15) is 0 Å². The van der Waals surface area contributed by atoms with E-state index in [0.717, 1.165) is 19.3 Å². The van der Waals surface area contributed by atoms with Gasteiger partial charge < -0.3 is 15.7 Å². The zero-order valence-corrected chi connectivity index (χ0v) is 10.9. The van der Waals surface area contributed by atoms with Crippen molar-refractivity contribution in [2.45, 2.75) is 44.8 Å². The molecule has 0 heterocycles. The number of aliphatic hydroxyl groups excluding tert-OH is 1. The Morgan fingerprint density at radius 2 is 2.19 bits per heavy atom. The van der Waals surface area contributed by atoms with Crippen LogP contribution in [0.15, 0.2) is 0 Å². The third kappa shape index (κ3) is 4.28. The molecule has 96 valence electrons. The number of halogens is 1. The van der Waals surface area contributed by atoms with Gasteiger partial charge in [-0.15, -0.1) is 12.4 Å². The number of rotatable bonds is 4. The highest BCUT2D eigenvalue weighted by Gasteiger charge is 2.31. The topological polar surface area (TPSA) is 66.6 Å². The lowest BCUT2D eigenvalue weighted by atomic mass is 10.0. The number of carbonyl (C=O) groups excluding carboxylic acids is 1. The van der Waals surface area contributed by atoms with Crippen LogP contribution < -0.4 is 5.73 Å². The van der Waals surface area contributed by atoms with Gasteiger partial charge in [0.2, 0.25) is 5.91 Å². The van der Waals surface area contributed by atoms with Crippen LogP contribution >= 0.6 is 12.4 Å².